The maximum Gasteiger partial charge on any atom is 0.243 e. The minimum atomic E-state index is -3.92. The van der Waals surface area contributed by atoms with Crippen LogP contribution in [0.3, 0.4) is 0 Å². The van der Waals surface area contributed by atoms with Gasteiger partial charge in [-0.05, 0) is 55.7 Å². The van der Waals surface area contributed by atoms with Crippen molar-refractivity contribution in [1.82, 2.24) is 4.72 Å². The van der Waals surface area contributed by atoms with E-state index in [1.165, 1.54) is 6.07 Å². The molecule has 0 aromatic heterocycles. The van der Waals surface area contributed by atoms with Crippen molar-refractivity contribution in [1.29, 1.82) is 0 Å². The van der Waals surface area contributed by atoms with Gasteiger partial charge in [0.15, 0.2) is 0 Å². The largest absolute Gasteiger partial charge is 0.328 e. The van der Waals surface area contributed by atoms with Gasteiger partial charge in [0.2, 0.25) is 10.0 Å². The highest BCUT2D eigenvalue weighted by Gasteiger charge is 2.41. The van der Waals surface area contributed by atoms with Crippen molar-refractivity contribution in [2.75, 3.05) is 0 Å². The fraction of sp³-hybridized carbons (Fsp3) is 0.600. The van der Waals surface area contributed by atoms with E-state index in [4.69, 9.17) is 17.3 Å². The molecule has 2 unspecified atom stereocenters. The van der Waals surface area contributed by atoms with Crippen LogP contribution in [0.5, 0.6) is 0 Å². The average Bonchev–Trinajstić information content (AvgIpc) is 2.42. The summed E-state index contributed by atoms with van der Waals surface area (Å²) in [5.41, 5.74) is 6.05. The first kappa shape index (κ1) is 18.9. The predicted molar refractivity (Wildman–Crippen MR) is 90.8 cm³/mol. The van der Waals surface area contributed by atoms with Gasteiger partial charge < -0.3 is 5.73 Å². The fourth-order valence-corrected chi connectivity index (χ4v) is 5.62. The van der Waals surface area contributed by atoms with Gasteiger partial charge in [-0.2, -0.15) is 0 Å². The molecule has 0 spiro atoms. The van der Waals surface area contributed by atoms with Crippen LogP contribution < -0.4 is 10.5 Å². The molecule has 0 saturated heterocycles. The van der Waals surface area contributed by atoms with E-state index in [2.05, 4.69) is 4.72 Å². The molecule has 0 heterocycles. The standard InChI is InChI=1S/C15H20ClFN2O2S.ClH/c16-11-4-5-13(17)14(8-11)22(20,21)19-15-9-2-1-3-10(15)7-12(18)6-9;/h4-5,8-10,12,15,19H,1-3,6-7,18H2;1H. The highest BCUT2D eigenvalue weighted by Crippen LogP contribution is 2.40. The number of nitrogens with one attached hydrogen (secondary N) is 1. The molecule has 130 valence electrons. The van der Waals surface area contributed by atoms with Crippen LogP contribution in [0.4, 0.5) is 4.39 Å². The number of nitrogens with two attached hydrogens (primary N) is 1. The summed E-state index contributed by atoms with van der Waals surface area (Å²) in [7, 11) is -3.92. The molecule has 0 aliphatic heterocycles. The molecule has 2 aliphatic rings. The fourth-order valence-electron chi connectivity index (χ4n) is 3.91. The number of sulfonamides is 1. The van der Waals surface area contributed by atoms with Gasteiger partial charge in [0.25, 0.3) is 0 Å². The molecule has 2 fully saturated rings. The summed E-state index contributed by atoms with van der Waals surface area (Å²) in [4.78, 5) is -0.382. The third-order valence-corrected chi connectivity index (χ3v) is 6.56. The van der Waals surface area contributed by atoms with E-state index in [1.807, 2.05) is 0 Å². The molecule has 2 bridgehead atoms. The van der Waals surface area contributed by atoms with Gasteiger partial charge in [-0.15, -0.1) is 12.4 Å². The summed E-state index contributed by atoms with van der Waals surface area (Å²) in [6, 6.07) is 3.55. The van der Waals surface area contributed by atoms with Crippen molar-refractivity contribution in [3.63, 3.8) is 0 Å². The molecule has 3 N–H and O–H groups in total. The lowest BCUT2D eigenvalue weighted by atomic mass is 9.67. The third kappa shape index (κ3) is 3.99. The van der Waals surface area contributed by atoms with E-state index in [9.17, 15) is 12.8 Å². The van der Waals surface area contributed by atoms with Crippen molar-refractivity contribution in [3.05, 3.63) is 29.0 Å². The van der Waals surface area contributed by atoms with Crippen LogP contribution >= 0.6 is 24.0 Å². The Kier molecular flexibility index (Phi) is 5.95. The zero-order valence-corrected chi connectivity index (χ0v) is 14.9. The zero-order chi connectivity index (χ0) is 15.9. The van der Waals surface area contributed by atoms with Crippen molar-refractivity contribution in [2.45, 2.75) is 49.1 Å². The van der Waals surface area contributed by atoms with Gasteiger partial charge in [0.05, 0.1) is 0 Å². The molecule has 0 amide bonds. The average molecular weight is 383 g/mol. The zero-order valence-electron chi connectivity index (χ0n) is 12.5. The lowest BCUT2D eigenvalue weighted by molar-refractivity contribution is 0.125. The van der Waals surface area contributed by atoms with E-state index in [0.29, 0.717) is 0 Å². The topological polar surface area (TPSA) is 72.2 Å². The van der Waals surface area contributed by atoms with Gasteiger partial charge in [0, 0.05) is 17.1 Å². The quantitative estimate of drug-likeness (QED) is 0.843. The molecule has 2 saturated carbocycles. The molecular formula is C15H21Cl2FN2O2S. The van der Waals surface area contributed by atoms with Crippen molar-refractivity contribution in [2.24, 2.45) is 17.6 Å². The summed E-state index contributed by atoms with van der Waals surface area (Å²) < 4.78 is 41.7. The molecule has 1 aromatic rings. The van der Waals surface area contributed by atoms with Crippen LogP contribution in [0, 0.1) is 17.7 Å². The van der Waals surface area contributed by atoms with Gasteiger partial charge in [-0.25, -0.2) is 17.5 Å². The lowest BCUT2D eigenvalue weighted by Crippen LogP contribution is -2.53. The Balaban J connectivity index is 0.00000192. The number of fused-ring (bicyclic) bond motifs is 2. The maximum absolute atomic E-state index is 13.9. The number of benzene rings is 1. The van der Waals surface area contributed by atoms with Crippen molar-refractivity contribution < 1.29 is 12.8 Å². The second-order valence-corrected chi connectivity index (χ2v) is 8.52. The van der Waals surface area contributed by atoms with Gasteiger partial charge in [-0.1, -0.05) is 18.0 Å². The Morgan fingerprint density at radius 1 is 1.22 bits per heavy atom. The second kappa shape index (κ2) is 7.23. The molecule has 1 aromatic carbocycles. The first-order chi connectivity index (χ1) is 10.4. The van der Waals surface area contributed by atoms with Crippen LogP contribution in [0.1, 0.15) is 32.1 Å². The SMILES string of the molecule is Cl.NC1CC2CCCC(C1)C2NS(=O)(=O)c1cc(Cl)ccc1F. The molecule has 3 rings (SSSR count). The maximum atomic E-state index is 13.9. The minimum absolute atomic E-state index is 0. The molecule has 23 heavy (non-hydrogen) atoms. The number of hydrogen-bond donors (Lipinski definition) is 2. The van der Waals surface area contributed by atoms with E-state index >= 15 is 0 Å². The lowest BCUT2D eigenvalue weighted by Gasteiger charge is -2.45. The van der Waals surface area contributed by atoms with Crippen LogP contribution in [0.25, 0.3) is 0 Å². The first-order valence-corrected chi connectivity index (χ1v) is 9.46. The summed E-state index contributed by atoms with van der Waals surface area (Å²) in [6.45, 7) is 0. The Morgan fingerprint density at radius 2 is 1.83 bits per heavy atom. The smallest absolute Gasteiger partial charge is 0.243 e. The van der Waals surface area contributed by atoms with Crippen LogP contribution in [0.15, 0.2) is 23.1 Å². The summed E-state index contributed by atoms with van der Waals surface area (Å²) in [5.74, 6) is -0.311. The molecule has 0 radical (unpaired) electrons. The molecule has 8 heteroatoms. The normalized spacial score (nSPS) is 30.6. The van der Waals surface area contributed by atoms with Crippen LogP contribution in [-0.4, -0.2) is 20.5 Å². The van der Waals surface area contributed by atoms with Crippen molar-refractivity contribution >= 4 is 34.0 Å². The third-order valence-electron chi connectivity index (χ3n) is 4.85. The van der Waals surface area contributed by atoms with Gasteiger partial charge >= 0.3 is 0 Å². The van der Waals surface area contributed by atoms with Crippen molar-refractivity contribution in [3.8, 4) is 0 Å². The van der Waals surface area contributed by atoms with E-state index in [-0.39, 0.29) is 46.2 Å². The Bertz CT molecular complexity index is 657. The molecular weight excluding hydrogens is 362 g/mol. The predicted octanol–water partition coefficient (Wildman–Crippen LogP) is 3.09. The highest BCUT2D eigenvalue weighted by molar-refractivity contribution is 7.89. The summed E-state index contributed by atoms with van der Waals surface area (Å²) in [6.07, 6.45) is 4.68. The number of halogens is 3. The summed E-state index contributed by atoms with van der Waals surface area (Å²) in [5, 5.41) is 0.202. The van der Waals surface area contributed by atoms with E-state index in [0.717, 1.165) is 44.2 Å². The number of hydrogen-bond acceptors (Lipinski definition) is 3. The molecule has 4 nitrogen and oxygen atoms in total. The van der Waals surface area contributed by atoms with Crippen LogP contribution in [-0.2, 0) is 10.0 Å². The van der Waals surface area contributed by atoms with E-state index < -0.39 is 15.8 Å². The number of rotatable bonds is 3. The van der Waals surface area contributed by atoms with Gasteiger partial charge in [0.1, 0.15) is 10.7 Å². The Hall–Kier alpha value is -0.400. The van der Waals surface area contributed by atoms with Gasteiger partial charge in [-0.3, -0.25) is 0 Å². The van der Waals surface area contributed by atoms with Crippen LogP contribution in [0.2, 0.25) is 5.02 Å². The Labute approximate surface area is 147 Å². The highest BCUT2D eigenvalue weighted by atomic mass is 35.5. The first-order valence-electron chi connectivity index (χ1n) is 7.60. The molecule has 2 aliphatic carbocycles. The summed E-state index contributed by atoms with van der Waals surface area (Å²) >= 11 is 5.81. The monoisotopic (exact) mass is 382 g/mol. The Morgan fingerprint density at radius 3 is 2.43 bits per heavy atom. The second-order valence-electron chi connectivity index (χ2n) is 6.40. The molecule has 2 atom stereocenters. The minimum Gasteiger partial charge on any atom is -0.328 e. The van der Waals surface area contributed by atoms with E-state index in [1.54, 1.807) is 0 Å².